The summed E-state index contributed by atoms with van der Waals surface area (Å²) in [6.07, 6.45) is 3.95. The fourth-order valence-corrected chi connectivity index (χ4v) is 6.99. The minimum atomic E-state index is -4.10. The quantitative estimate of drug-likeness (QED) is 0.370. The van der Waals surface area contributed by atoms with Gasteiger partial charge in [0.2, 0.25) is 0 Å². The van der Waals surface area contributed by atoms with Gasteiger partial charge in [0.05, 0.1) is 26.9 Å². The predicted molar refractivity (Wildman–Crippen MR) is 141 cm³/mol. The summed E-state index contributed by atoms with van der Waals surface area (Å²) in [6, 6.07) is 14.1. The number of benzene rings is 2. The molecule has 0 aliphatic carbocycles. The van der Waals surface area contributed by atoms with Crippen LogP contribution in [0.15, 0.2) is 71.9 Å². The third kappa shape index (κ3) is 4.84. The molecule has 0 saturated carbocycles. The predicted octanol–water partition coefficient (Wildman–Crippen LogP) is 4.45. The van der Waals surface area contributed by atoms with Crippen molar-refractivity contribution < 1.29 is 16.8 Å². The van der Waals surface area contributed by atoms with E-state index in [4.69, 9.17) is 23.2 Å². The minimum Gasteiger partial charge on any atom is -0.280 e. The molecule has 0 spiro atoms. The van der Waals surface area contributed by atoms with Gasteiger partial charge in [0, 0.05) is 42.1 Å². The zero-order valence-electron chi connectivity index (χ0n) is 18.5. The molecule has 1 saturated heterocycles. The van der Waals surface area contributed by atoms with Crippen LogP contribution in [0.2, 0.25) is 10.0 Å². The van der Waals surface area contributed by atoms with Gasteiger partial charge in [0.25, 0.3) is 10.0 Å². The lowest BCUT2D eigenvalue weighted by Crippen LogP contribution is -2.47. The number of pyridine rings is 2. The Morgan fingerprint density at radius 3 is 2.61 bits per heavy atom. The number of sulfonamides is 1. The SMILES string of the molecule is O=S(=O)(Nc1ccc(Cl)c(-c2ccc3cnccc3n2)c1)c1ccc(N2CCCNS2(=O)=O)cc1Cl. The molecule has 3 heterocycles. The van der Waals surface area contributed by atoms with Crippen molar-refractivity contribution in [1.82, 2.24) is 14.7 Å². The molecule has 0 amide bonds. The van der Waals surface area contributed by atoms with E-state index in [1.807, 2.05) is 6.07 Å². The Hall–Kier alpha value is -2.96. The minimum absolute atomic E-state index is 0.111. The van der Waals surface area contributed by atoms with Gasteiger partial charge in [-0.2, -0.15) is 13.1 Å². The zero-order valence-corrected chi connectivity index (χ0v) is 21.7. The molecule has 0 bridgehead atoms. The molecule has 1 fully saturated rings. The first-order valence-electron chi connectivity index (χ1n) is 10.7. The molecule has 186 valence electrons. The lowest BCUT2D eigenvalue weighted by atomic mass is 10.1. The number of fused-ring (bicyclic) bond motifs is 1. The molecular formula is C23H19Cl2N5O4S2. The summed E-state index contributed by atoms with van der Waals surface area (Å²) in [5.41, 5.74) is 2.37. The first-order chi connectivity index (χ1) is 17.1. The second-order valence-corrected chi connectivity index (χ2v) is 12.1. The maximum absolute atomic E-state index is 13.1. The first kappa shape index (κ1) is 24.7. The molecule has 5 rings (SSSR count). The van der Waals surface area contributed by atoms with E-state index in [0.29, 0.717) is 29.2 Å². The molecule has 0 radical (unpaired) electrons. The van der Waals surface area contributed by atoms with E-state index < -0.39 is 20.2 Å². The van der Waals surface area contributed by atoms with E-state index in [0.717, 1.165) is 15.2 Å². The van der Waals surface area contributed by atoms with Crippen LogP contribution in [0.25, 0.3) is 22.2 Å². The van der Waals surface area contributed by atoms with E-state index in [1.54, 1.807) is 36.7 Å². The highest BCUT2D eigenvalue weighted by Gasteiger charge is 2.27. The van der Waals surface area contributed by atoms with Crippen LogP contribution in [0, 0.1) is 0 Å². The van der Waals surface area contributed by atoms with E-state index in [1.165, 1.54) is 24.3 Å². The van der Waals surface area contributed by atoms with Gasteiger partial charge in [-0.1, -0.05) is 23.2 Å². The molecule has 2 N–H and O–H groups in total. The highest BCUT2D eigenvalue weighted by atomic mass is 35.5. The number of aromatic nitrogens is 2. The van der Waals surface area contributed by atoms with E-state index in [9.17, 15) is 16.8 Å². The molecule has 2 aromatic carbocycles. The summed E-state index contributed by atoms with van der Waals surface area (Å²) < 4.78 is 57.0. The largest absolute Gasteiger partial charge is 0.301 e. The number of anilines is 2. The van der Waals surface area contributed by atoms with Crippen molar-refractivity contribution in [2.75, 3.05) is 22.1 Å². The number of halogens is 2. The normalized spacial score (nSPS) is 15.7. The zero-order chi connectivity index (χ0) is 25.5. The standard InChI is InChI=1S/C23H19Cl2N5O4S2/c24-19-5-3-16(12-18(19)22-6-2-15-14-26-10-8-21(15)28-22)29-35(31,32)23-7-4-17(13-20(23)25)30-11-1-9-27-36(30,33)34/h2-8,10,12-14,27,29H,1,9,11H2. The second-order valence-electron chi connectivity index (χ2n) is 8.00. The smallest absolute Gasteiger partial charge is 0.280 e. The molecule has 0 unspecified atom stereocenters. The van der Waals surface area contributed by atoms with Crippen LogP contribution in [0.5, 0.6) is 0 Å². The van der Waals surface area contributed by atoms with Gasteiger partial charge in [-0.3, -0.25) is 14.0 Å². The number of hydrogen-bond acceptors (Lipinski definition) is 6. The Labute approximate surface area is 218 Å². The molecule has 1 aliphatic rings. The van der Waals surface area contributed by atoms with Crippen LogP contribution in [0.1, 0.15) is 6.42 Å². The highest BCUT2D eigenvalue weighted by Crippen LogP contribution is 2.33. The Balaban J connectivity index is 1.45. The second kappa shape index (κ2) is 9.49. The Morgan fingerprint density at radius 2 is 1.83 bits per heavy atom. The van der Waals surface area contributed by atoms with Gasteiger partial charge >= 0.3 is 10.2 Å². The summed E-state index contributed by atoms with van der Waals surface area (Å²) >= 11 is 12.7. The lowest BCUT2D eigenvalue weighted by Gasteiger charge is -2.28. The molecule has 0 atom stereocenters. The lowest BCUT2D eigenvalue weighted by molar-refractivity contribution is 0.560. The van der Waals surface area contributed by atoms with Crippen molar-refractivity contribution in [3.05, 3.63) is 77.0 Å². The van der Waals surface area contributed by atoms with Gasteiger partial charge in [-0.15, -0.1) is 0 Å². The van der Waals surface area contributed by atoms with E-state index in [2.05, 4.69) is 19.4 Å². The highest BCUT2D eigenvalue weighted by molar-refractivity contribution is 7.93. The molecule has 9 nitrogen and oxygen atoms in total. The van der Waals surface area contributed by atoms with E-state index >= 15 is 0 Å². The van der Waals surface area contributed by atoms with Gasteiger partial charge < -0.3 is 0 Å². The third-order valence-corrected chi connectivity index (χ3v) is 9.33. The van der Waals surface area contributed by atoms with Gasteiger partial charge in [-0.25, -0.2) is 13.4 Å². The summed E-state index contributed by atoms with van der Waals surface area (Å²) in [5, 5.41) is 1.15. The Bertz CT molecular complexity index is 1700. The molecular weight excluding hydrogens is 545 g/mol. The average Bonchev–Trinajstić information content (AvgIpc) is 2.84. The van der Waals surface area contributed by atoms with Crippen molar-refractivity contribution in [2.24, 2.45) is 0 Å². The first-order valence-corrected chi connectivity index (χ1v) is 14.4. The number of rotatable bonds is 5. The van der Waals surface area contributed by atoms with E-state index in [-0.39, 0.29) is 27.8 Å². The molecule has 36 heavy (non-hydrogen) atoms. The number of hydrogen-bond donors (Lipinski definition) is 2. The number of nitrogens with zero attached hydrogens (tertiary/aromatic N) is 3. The van der Waals surface area contributed by atoms with Crippen LogP contribution < -0.4 is 13.7 Å². The van der Waals surface area contributed by atoms with Gasteiger partial charge in [-0.05, 0) is 61.0 Å². The van der Waals surface area contributed by atoms with Crippen molar-refractivity contribution in [3.63, 3.8) is 0 Å². The molecule has 13 heteroatoms. The Kier molecular flexibility index (Phi) is 6.52. The topological polar surface area (TPSA) is 121 Å². The maximum atomic E-state index is 13.1. The van der Waals surface area contributed by atoms with Crippen LogP contribution in [0.3, 0.4) is 0 Å². The van der Waals surface area contributed by atoms with Crippen LogP contribution in [0.4, 0.5) is 11.4 Å². The fraction of sp³-hybridized carbons (Fsp3) is 0.130. The average molecular weight is 564 g/mol. The summed E-state index contributed by atoms with van der Waals surface area (Å²) in [7, 11) is -7.81. The monoisotopic (exact) mass is 563 g/mol. The van der Waals surface area contributed by atoms with Crippen molar-refractivity contribution >= 4 is 65.7 Å². The van der Waals surface area contributed by atoms with Crippen molar-refractivity contribution in [2.45, 2.75) is 11.3 Å². The molecule has 2 aromatic heterocycles. The summed E-state index contributed by atoms with van der Waals surface area (Å²) in [6.45, 7) is 0.612. The molecule has 4 aromatic rings. The van der Waals surface area contributed by atoms with Crippen molar-refractivity contribution in [3.8, 4) is 11.3 Å². The molecule has 1 aliphatic heterocycles. The van der Waals surface area contributed by atoms with Gasteiger partial charge in [0.15, 0.2) is 0 Å². The van der Waals surface area contributed by atoms with Crippen LogP contribution in [-0.2, 0) is 20.2 Å². The fourth-order valence-electron chi connectivity index (χ4n) is 3.86. The summed E-state index contributed by atoms with van der Waals surface area (Å²) in [4.78, 5) is 8.48. The van der Waals surface area contributed by atoms with Crippen LogP contribution >= 0.6 is 23.2 Å². The maximum Gasteiger partial charge on any atom is 0.301 e. The summed E-state index contributed by atoms with van der Waals surface area (Å²) in [5.74, 6) is 0. The Morgan fingerprint density at radius 1 is 1.00 bits per heavy atom. The third-order valence-electron chi connectivity index (χ3n) is 5.59. The van der Waals surface area contributed by atoms with Crippen molar-refractivity contribution in [1.29, 1.82) is 0 Å². The van der Waals surface area contributed by atoms with Gasteiger partial charge in [0.1, 0.15) is 4.90 Å². The number of nitrogens with one attached hydrogen (secondary N) is 2. The van der Waals surface area contributed by atoms with Crippen LogP contribution in [-0.4, -0.2) is 39.9 Å².